The number of halogens is 2. The first kappa shape index (κ1) is 36.6. The first-order chi connectivity index (χ1) is 24.1. The zero-order chi connectivity index (χ0) is 35.8. The minimum atomic E-state index is -1.01. The minimum absolute atomic E-state index is 0.0104. The van der Waals surface area contributed by atoms with E-state index in [0.717, 1.165) is 31.7 Å². The average Bonchev–Trinajstić information content (AvgIpc) is 3.48. The number of benzene rings is 1. The highest BCUT2D eigenvalue weighted by atomic mass is 19.1. The maximum Gasteiger partial charge on any atom is 0.511 e. The SMILES string of the molecule is CCCCCCCCCOC(=O)OCOc1c2n(cc(C(=O)NCc3ccc(F)cc3F)c1=O)[C@@H]1CN(C2=O)[C@@H](C)CC[C@]12CC(OC)=NO2. The number of carbonyl (C=O) groups is 3. The Labute approximate surface area is 288 Å². The van der Waals surface area contributed by atoms with Crippen molar-refractivity contribution in [1.29, 1.82) is 0 Å². The van der Waals surface area contributed by atoms with Crippen LogP contribution in [0.15, 0.2) is 34.3 Å². The summed E-state index contributed by atoms with van der Waals surface area (Å²) >= 11 is 0. The number of unbranched alkanes of at least 4 members (excludes halogenated alkanes) is 6. The van der Waals surface area contributed by atoms with Gasteiger partial charge in [0.2, 0.25) is 23.9 Å². The number of rotatable bonds is 14. The highest BCUT2D eigenvalue weighted by Gasteiger charge is 2.55. The molecule has 2 aromatic rings. The number of methoxy groups -OCH3 is 1. The van der Waals surface area contributed by atoms with Crippen molar-refractivity contribution in [1.82, 2.24) is 14.8 Å². The first-order valence-electron chi connectivity index (χ1n) is 17.1. The van der Waals surface area contributed by atoms with Gasteiger partial charge in [-0.2, -0.15) is 0 Å². The lowest BCUT2D eigenvalue weighted by Gasteiger charge is -2.42. The molecule has 3 atom stereocenters. The number of aromatic nitrogens is 1. The van der Waals surface area contributed by atoms with E-state index in [0.29, 0.717) is 31.2 Å². The van der Waals surface area contributed by atoms with Crippen LogP contribution in [0.5, 0.6) is 5.75 Å². The van der Waals surface area contributed by atoms with Gasteiger partial charge in [0, 0.05) is 37.0 Å². The molecule has 1 aromatic heterocycles. The fourth-order valence-corrected chi connectivity index (χ4v) is 6.64. The lowest BCUT2D eigenvalue weighted by molar-refractivity contribution is -0.0658. The lowest BCUT2D eigenvalue weighted by atomic mass is 9.85. The molecule has 50 heavy (non-hydrogen) atoms. The van der Waals surface area contributed by atoms with Gasteiger partial charge in [-0.1, -0.05) is 56.7 Å². The van der Waals surface area contributed by atoms with Crippen LogP contribution < -0.4 is 15.5 Å². The van der Waals surface area contributed by atoms with Crippen LogP contribution in [0.25, 0.3) is 0 Å². The standard InChI is InChI=1S/C35H44F2N4O9/c1-4-5-6-7-8-9-10-15-47-34(45)49-21-48-31-29-33(44)40-20-27(35(14-13-22(40)2)17-28(46-3)39-50-35)41(29)19-25(30(31)42)32(43)38-18-23-11-12-24(36)16-26(23)37/h11-12,16,19,22,27H,4-10,13-15,17-18,20-21H2,1-3H3,(H,38,43)/t22-,27+,35-/m0/s1. The molecule has 2 bridgehead atoms. The predicted octanol–water partition coefficient (Wildman–Crippen LogP) is 5.59. The van der Waals surface area contributed by atoms with Crippen molar-refractivity contribution in [3.8, 4) is 5.75 Å². The zero-order valence-electron chi connectivity index (χ0n) is 28.6. The Kier molecular flexibility index (Phi) is 12.0. The monoisotopic (exact) mass is 702 g/mol. The molecule has 0 aliphatic carbocycles. The largest absolute Gasteiger partial charge is 0.511 e. The van der Waals surface area contributed by atoms with Crippen LogP contribution in [0, 0.1) is 11.6 Å². The fraction of sp³-hybridized carbons (Fsp3) is 0.571. The van der Waals surface area contributed by atoms with Gasteiger partial charge in [-0.3, -0.25) is 14.4 Å². The van der Waals surface area contributed by atoms with Gasteiger partial charge in [0.05, 0.1) is 26.2 Å². The van der Waals surface area contributed by atoms with E-state index in [4.69, 9.17) is 23.8 Å². The van der Waals surface area contributed by atoms with E-state index >= 15 is 0 Å². The number of hydrogen-bond donors (Lipinski definition) is 1. The Hall–Kier alpha value is -4.69. The number of nitrogens with zero attached hydrogens (tertiary/aromatic N) is 3. The first-order valence-corrected chi connectivity index (χ1v) is 17.1. The summed E-state index contributed by atoms with van der Waals surface area (Å²) < 4.78 is 50.5. The summed E-state index contributed by atoms with van der Waals surface area (Å²) in [7, 11) is 1.47. The molecule has 272 valence electrons. The van der Waals surface area contributed by atoms with Gasteiger partial charge >= 0.3 is 6.16 Å². The number of nitrogens with one attached hydrogen (secondary N) is 1. The van der Waals surface area contributed by atoms with E-state index in [2.05, 4.69) is 17.4 Å². The molecule has 1 aromatic carbocycles. The van der Waals surface area contributed by atoms with Crippen molar-refractivity contribution in [2.75, 3.05) is 27.1 Å². The number of amides is 2. The number of ether oxygens (including phenoxy) is 4. The van der Waals surface area contributed by atoms with E-state index in [-0.39, 0.29) is 43.4 Å². The molecule has 1 saturated heterocycles. The highest BCUT2D eigenvalue weighted by molar-refractivity contribution is 5.99. The van der Waals surface area contributed by atoms with Gasteiger partial charge in [0.25, 0.3) is 11.8 Å². The quantitative estimate of drug-likeness (QED) is 0.151. The molecule has 3 aliphatic heterocycles. The van der Waals surface area contributed by atoms with Crippen molar-refractivity contribution in [3.63, 3.8) is 0 Å². The van der Waals surface area contributed by atoms with Crippen LogP contribution >= 0.6 is 0 Å². The number of carbonyl (C=O) groups excluding carboxylic acids is 3. The Balaban J connectivity index is 1.40. The third-order valence-corrected chi connectivity index (χ3v) is 9.55. The Morgan fingerprint density at radius 3 is 2.58 bits per heavy atom. The second kappa shape index (κ2) is 16.3. The van der Waals surface area contributed by atoms with Crippen molar-refractivity contribution in [3.05, 3.63) is 63.1 Å². The van der Waals surface area contributed by atoms with Gasteiger partial charge in [-0.15, -0.1) is 0 Å². The molecule has 2 amide bonds. The number of hydrogen-bond acceptors (Lipinski definition) is 10. The highest BCUT2D eigenvalue weighted by Crippen LogP contribution is 2.46. The van der Waals surface area contributed by atoms with Crippen LogP contribution in [-0.2, 0) is 25.6 Å². The van der Waals surface area contributed by atoms with Crippen LogP contribution in [0.1, 0.15) is 111 Å². The average molecular weight is 703 g/mol. The van der Waals surface area contributed by atoms with Crippen molar-refractivity contribution < 1.29 is 46.9 Å². The molecule has 0 unspecified atom stereocenters. The molecule has 1 N–H and O–H groups in total. The summed E-state index contributed by atoms with van der Waals surface area (Å²) in [5.41, 5.74) is -2.53. The summed E-state index contributed by atoms with van der Waals surface area (Å²) in [6, 6.07) is 2.02. The minimum Gasteiger partial charge on any atom is -0.482 e. The molecule has 1 fully saturated rings. The van der Waals surface area contributed by atoms with Crippen LogP contribution in [0.4, 0.5) is 13.6 Å². The molecular formula is C35H44F2N4O9. The van der Waals surface area contributed by atoms with E-state index < -0.39 is 64.8 Å². The van der Waals surface area contributed by atoms with Gasteiger partial charge in [0.15, 0.2) is 11.3 Å². The molecule has 0 saturated carbocycles. The van der Waals surface area contributed by atoms with E-state index in [1.54, 1.807) is 4.90 Å². The van der Waals surface area contributed by atoms with Gasteiger partial charge < -0.3 is 38.6 Å². The van der Waals surface area contributed by atoms with Gasteiger partial charge in [0.1, 0.15) is 17.2 Å². The molecule has 3 aliphatic rings. The number of pyridine rings is 1. The zero-order valence-corrected chi connectivity index (χ0v) is 28.6. The maximum absolute atomic E-state index is 14.3. The number of fused-ring (bicyclic) bond motifs is 5. The summed E-state index contributed by atoms with van der Waals surface area (Å²) in [5, 5.41) is 6.60. The summed E-state index contributed by atoms with van der Waals surface area (Å²) in [6.07, 6.45) is 8.78. The molecule has 15 heteroatoms. The van der Waals surface area contributed by atoms with Crippen molar-refractivity contribution in [2.24, 2.45) is 5.16 Å². The second-order valence-corrected chi connectivity index (χ2v) is 12.9. The van der Waals surface area contributed by atoms with E-state index in [1.165, 1.54) is 36.8 Å². The molecule has 4 heterocycles. The van der Waals surface area contributed by atoms with E-state index in [9.17, 15) is 28.0 Å². The topological polar surface area (TPSA) is 147 Å². The molecule has 5 rings (SSSR count). The van der Waals surface area contributed by atoms with Crippen molar-refractivity contribution in [2.45, 2.75) is 102 Å². The number of oxime groups is 1. The van der Waals surface area contributed by atoms with Gasteiger partial charge in [-0.05, 0) is 32.3 Å². The summed E-state index contributed by atoms with van der Waals surface area (Å²) in [5.74, 6) is -3.24. The van der Waals surface area contributed by atoms with Crippen LogP contribution in [0.3, 0.4) is 0 Å². The molecule has 13 nitrogen and oxygen atoms in total. The van der Waals surface area contributed by atoms with Crippen LogP contribution in [0.2, 0.25) is 0 Å². The Morgan fingerprint density at radius 2 is 1.86 bits per heavy atom. The molecule has 0 radical (unpaired) electrons. The smallest absolute Gasteiger partial charge is 0.482 e. The normalized spacial score (nSPS) is 20.8. The lowest BCUT2D eigenvalue weighted by Crippen LogP contribution is -2.52. The second-order valence-electron chi connectivity index (χ2n) is 12.9. The third-order valence-electron chi connectivity index (χ3n) is 9.55. The third kappa shape index (κ3) is 8.02. The molecular weight excluding hydrogens is 658 g/mol. The van der Waals surface area contributed by atoms with Crippen molar-refractivity contribution >= 4 is 23.9 Å². The molecule has 1 spiro atoms. The fourth-order valence-electron chi connectivity index (χ4n) is 6.64. The summed E-state index contributed by atoms with van der Waals surface area (Å²) in [6.45, 7) is 3.22. The Morgan fingerprint density at radius 1 is 1.10 bits per heavy atom. The van der Waals surface area contributed by atoms with Crippen LogP contribution in [-0.4, -0.2) is 72.0 Å². The predicted molar refractivity (Wildman–Crippen MR) is 176 cm³/mol. The Bertz CT molecular complexity index is 1670. The van der Waals surface area contributed by atoms with Gasteiger partial charge in [-0.25, -0.2) is 13.6 Å². The summed E-state index contributed by atoms with van der Waals surface area (Å²) in [4.78, 5) is 61.4. The maximum atomic E-state index is 14.3. The van der Waals surface area contributed by atoms with E-state index in [1.807, 2.05) is 6.92 Å².